The summed E-state index contributed by atoms with van der Waals surface area (Å²) in [6, 6.07) is 11.0. The Balaban J connectivity index is 2.31. The highest BCUT2D eigenvalue weighted by Gasteiger charge is 2.02. The molecule has 0 unspecified atom stereocenters. The summed E-state index contributed by atoms with van der Waals surface area (Å²) in [4.78, 5) is 0. The van der Waals surface area contributed by atoms with Gasteiger partial charge in [-0.3, -0.25) is 0 Å². The monoisotopic (exact) mass is 322 g/mol. The second-order valence-corrected chi connectivity index (χ2v) is 6.59. The van der Waals surface area contributed by atoms with Crippen LogP contribution in [0.3, 0.4) is 0 Å². The summed E-state index contributed by atoms with van der Waals surface area (Å²) in [7, 11) is 0.425. The fourth-order valence-electron chi connectivity index (χ4n) is 1.42. The zero-order valence-corrected chi connectivity index (χ0v) is 12.5. The Morgan fingerprint density at radius 1 is 0.529 bits per heavy atom. The molecule has 0 aliphatic heterocycles. The van der Waals surface area contributed by atoms with Gasteiger partial charge in [0, 0.05) is 20.1 Å². The van der Waals surface area contributed by atoms with Crippen LogP contribution in [0.1, 0.15) is 0 Å². The number of hydrogen-bond acceptors (Lipinski definition) is 0. The van der Waals surface area contributed by atoms with Gasteiger partial charge < -0.3 is 0 Å². The van der Waals surface area contributed by atoms with Crippen LogP contribution in [0.15, 0.2) is 36.4 Å². The van der Waals surface area contributed by atoms with Crippen LogP contribution in [0.2, 0.25) is 20.1 Å². The van der Waals surface area contributed by atoms with Gasteiger partial charge in [-0.25, -0.2) is 0 Å². The van der Waals surface area contributed by atoms with E-state index in [1.54, 1.807) is 12.1 Å². The summed E-state index contributed by atoms with van der Waals surface area (Å²) in [5, 5.41) is 4.64. The number of rotatable bonds is 2. The fraction of sp³-hybridized carbons (Fsp3) is 0. The van der Waals surface area contributed by atoms with Crippen LogP contribution in [0, 0.1) is 0 Å². The van der Waals surface area contributed by atoms with Gasteiger partial charge in [0.1, 0.15) is 0 Å². The molecule has 0 fully saturated rings. The maximum atomic E-state index is 5.95. The molecule has 0 amide bonds. The second-order valence-electron chi connectivity index (χ2n) is 3.44. The van der Waals surface area contributed by atoms with Crippen molar-refractivity contribution in [2.45, 2.75) is 0 Å². The first-order valence-corrected chi connectivity index (χ1v) is 7.23. The van der Waals surface area contributed by atoms with Crippen LogP contribution >= 0.6 is 55.0 Å². The lowest BCUT2D eigenvalue weighted by atomic mass is 10.3. The Labute approximate surface area is 122 Å². The molecule has 0 saturated carbocycles. The molecule has 88 valence electrons. The van der Waals surface area contributed by atoms with Gasteiger partial charge in [0.2, 0.25) is 0 Å². The van der Waals surface area contributed by atoms with Crippen LogP contribution in [-0.4, -0.2) is 0 Å². The minimum atomic E-state index is 0.425. The largest absolute Gasteiger partial charge is 0.0843 e. The lowest BCUT2D eigenvalue weighted by Crippen LogP contribution is -2.03. The fourth-order valence-corrected chi connectivity index (χ4v) is 4.08. The van der Waals surface area contributed by atoms with Crippen LogP contribution in [0.4, 0.5) is 0 Å². The Kier molecular flexibility index (Phi) is 4.58. The highest BCUT2D eigenvalue weighted by atomic mass is 35.5. The molecule has 0 atom stereocenters. The van der Waals surface area contributed by atoms with E-state index in [2.05, 4.69) is 0 Å². The van der Waals surface area contributed by atoms with Gasteiger partial charge in [-0.05, 0) is 47.0 Å². The number of hydrogen-bond donors (Lipinski definition) is 0. The van der Waals surface area contributed by atoms with Gasteiger partial charge >= 0.3 is 0 Å². The molecule has 0 aromatic heterocycles. The summed E-state index contributed by atoms with van der Waals surface area (Å²) in [5.41, 5.74) is 0. The third-order valence-corrected chi connectivity index (χ3v) is 4.04. The first-order valence-electron chi connectivity index (χ1n) is 4.72. The Bertz CT molecular complexity index is 464. The van der Waals surface area contributed by atoms with Crippen LogP contribution in [0.25, 0.3) is 0 Å². The molecule has 0 N–H and O–H groups in total. The SMILES string of the molecule is Clc1cc(Cl)cc(Pc2cc(Cl)cc(Cl)c2)c1. The molecule has 2 aromatic carbocycles. The third-order valence-electron chi connectivity index (χ3n) is 2.01. The lowest BCUT2D eigenvalue weighted by molar-refractivity contribution is 1.75. The van der Waals surface area contributed by atoms with Gasteiger partial charge in [0.15, 0.2) is 0 Å². The molecule has 0 bridgehead atoms. The van der Waals surface area contributed by atoms with Crippen molar-refractivity contribution < 1.29 is 0 Å². The molecule has 0 aliphatic carbocycles. The maximum absolute atomic E-state index is 5.95. The van der Waals surface area contributed by atoms with Crippen molar-refractivity contribution >= 4 is 65.6 Å². The topological polar surface area (TPSA) is 0 Å². The maximum Gasteiger partial charge on any atom is 0.0427 e. The van der Waals surface area contributed by atoms with Crippen LogP contribution in [-0.2, 0) is 0 Å². The number of halogens is 4. The highest BCUT2D eigenvalue weighted by Crippen LogP contribution is 2.22. The van der Waals surface area contributed by atoms with Gasteiger partial charge in [-0.2, -0.15) is 0 Å². The molecule has 2 aromatic rings. The van der Waals surface area contributed by atoms with E-state index in [-0.39, 0.29) is 0 Å². The first kappa shape index (κ1) is 13.5. The van der Waals surface area contributed by atoms with Crippen molar-refractivity contribution in [3.05, 3.63) is 56.5 Å². The molecule has 0 nitrogen and oxygen atoms in total. The predicted octanol–water partition coefficient (Wildman–Crippen LogP) is 4.93. The van der Waals surface area contributed by atoms with E-state index >= 15 is 0 Å². The van der Waals surface area contributed by atoms with Crippen LogP contribution < -0.4 is 10.6 Å². The summed E-state index contributed by atoms with van der Waals surface area (Å²) < 4.78 is 0. The van der Waals surface area contributed by atoms with Crippen molar-refractivity contribution in [3.63, 3.8) is 0 Å². The zero-order valence-electron chi connectivity index (χ0n) is 8.48. The summed E-state index contributed by atoms with van der Waals surface area (Å²) in [6.07, 6.45) is 0. The Morgan fingerprint density at radius 3 is 1.12 bits per heavy atom. The third kappa shape index (κ3) is 4.02. The normalized spacial score (nSPS) is 10.6. The molecule has 2 rings (SSSR count). The zero-order chi connectivity index (χ0) is 12.4. The highest BCUT2D eigenvalue weighted by molar-refractivity contribution is 7.55. The lowest BCUT2D eigenvalue weighted by Gasteiger charge is -2.05. The summed E-state index contributed by atoms with van der Waals surface area (Å²) >= 11 is 23.8. The number of benzene rings is 2. The van der Waals surface area contributed by atoms with Gasteiger partial charge in [0.25, 0.3) is 0 Å². The van der Waals surface area contributed by atoms with Crippen molar-refractivity contribution in [1.82, 2.24) is 0 Å². The smallest absolute Gasteiger partial charge is 0.0427 e. The summed E-state index contributed by atoms with van der Waals surface area (Å²) in [5.74, 6) is 0. The van der Waals surface area contributed by atoms with Gasteiger partial charge in [0.05, 0.1) is 0 Å². The predicted molar refractivity (Wildman–Crippen MR) is 80.5 cm³/mol. The quantitative estimate of drug-likeness (QED) is 0.687. The van der Waals surface area contributed by atoms with E-state index in [1.807, 2.05) is 24.3 Å². The molecule has 0 spiro atoms. The minimum Gasteiger partial charge on any atom is -0.0843 e. The standard InChI is InChI=1S/C12H7Cl4P/c13-7-1-8(14)4-11(3-7)17-12-5-9(15)2-10(16)6-12/h1-6,17H. The van der Waals surface area contributed by atoms with Crippen molar-refractivity contribution in [2.75, 3.05) is 0 Å². The van der Waals surface area contributed by atoms with Crippen LogP contribution in [0.5, 0.6) is 0 Å². The van der Waals surface area contributed by atoms with E-state index in [0.717, 1.165) is 10.6 Å². The first-order chi connectivity index (χ1) is 8.02. The van der Waals surface area contributed by atoms with E-state index in [9.17, 15) is 0 Å². The molecule has 0 heterocycles. The van der Waals surface area contributed by atoms with Gasteiger partial charge in [-0.1, -0.05) is 55.0 Å². The Morgan fingerprint density at radius 2 is 0.824 bits per heavy atom. The van der Waals surface area contributed by atoms with Crippen molar-refractivity contribution in [2.24, 2.45) is 0 Å². The second kappa shape index (κ2) is 5.78. The van der Waals surface area contributed by atoms with Gasteiger partial charge in [-0.15, -0.1) is 0 Å². The molecule has 0 saturated heterocycles. The average molecular weight is 324 g/mol. The molecule has 17 heavy (non-hydrogen) atoms. The Hall–Kier alpha value is 0.0300. The molecular weight excluding hydrogens is 317 g/mol. The molecule has 0 radical (unpaired) electrons. The summed E-state index contributed by atoms with van der Waals surface area (Å²) in [6.45, 7) is 0. The van der Waals surface area contributed by atoms with E-state index in [0.29, 0.717) is 28.7 Å². The molecular formula is C12H7Cl4P. The molecule has 0 aliphatic rings. The minimum absolute atomic E-state index is 0.425. The average Bonchev–Trinajstić information content (AvgIpc) is 2.13. The van der Waals surface area contributed by atoms with Crippen molar-refractivity contribution in [3.8, 4) is 0 Å². The van der Waals surface area contributed by atoms with Crippen molar-refractivity contribution in [1.29, 1.82) is 0 Å². The van der Waals surface area contributed by atoms with E-state index in [4.69, 9.17) is 46.4 Å². The van der Waals surface area contributed by atoms with E-state index < -0.39 is 0 Å². The van der Waals surface area contributed by atoms with E-state index in [1.165, 1.54) is 0 Å². The molecule has 5 heteroatoms.